The van der Waals surface area contributed by atoms with Crippen molar-refractivity contribution in [3.05, 3.63) is 46.1 Å². The molecule has 1 saturated heterocycles. The highest BCUT2D eigenvalue weighted by Crippen LogP contribution is 2.31. The van der Waals surface area contributed by atoms with Crippen LogP contribution in [0.25, 0.3) is 21.3 Å². The fraction of sp³-hybridized carbons (Fsp3) is 0.409. The second-order valence-electron chi connectivity index (χ2n) is 8.24. The first-order valence-electron chi connectivity index (χ1n) is 10.4. The molecule has 170 valence electrons. The Bertz CT molecular complexity index is 1150. The fourth-order valence-corrected chi connectivity index (χ4v) is 5.43. The van der Waals surface area contributed by atoms with Gasteiger partial charge in [-0.25, -0.2) is 9.66 Å². The Morgan fingerprint density at radius 1 is 1.28 bits per heavy atom. The van der Waals surface area contributed by atoms with Gasteiger partial charge in [0.05, 0.1) is 24.4 Å². The molecule has 0 bridgehead atoms. The molecule has 0 atom stereocenters. The molecule has 10 heteroatoms. The molecule has 1 amide bonds. The van der Waals surface area contributed by atoms with Gasteiger partial charge in [0.1, 0.15) is 4.83 Å². The Morgan fingerprint density at radius 3 is 2.72 bits per heavy atom. The summed E-state index contributed by atoms with van der Waals surface area (Å²) in [6.45, 7) is 7.88. The zero-order valence-electron chi connectivity index (χ0n) is 18.2. The molecule has 0 aliphatic carbocycles. The number of nitrogens with zero attached hydrogens (tertiary/aromatic N) is 3. The number of rotatable bonds is 7. The first kappa shape index (κ1) is 22.8. The van der Waals surface area contributed by atoms with Crippen LogP contribution >= 0.6 is 23.1 Å². The van der Waals surface area contributed by atoms with E-state index in [-0.39, 0.29) is 22.8 Å². The number of nitrogens with one attached hydrogen (secondary N) is 1. The van der Waals surface area contributed by atoms with Crippen LogP contribution in [0, 0.1) is 0 Å². The third kappa shape index (κ3) is 4.83. The molecule has 1 aromatic carbocycles. The molecule has 8 nitrogen and oxygen atoms in total. The molecular formula is C22H27N5O3S2. The summed E-state index contributed by atoms with van der Waals surface area (Å²) in [6, 6.07) is 9.69. The second-order valence-corrected chi connectivity index (χ2v) is 10.0. The maximum absolute atomic E-state index is 13.0. The first-order chi connectivity index (χ1) is 15.4. The van der Waals surface area contributed by atoms with Crippen LogP contribution < -0.4 is 16.7 Å². The smallest absolute Gasteiger partial charge is 0.282 e. The van der Waals surface area contributed by atoms with Crippen molar-refractivity contribution < 1.29 is 9.53 Å². The molecule has 1 fully saturated rings. The average Bonchev–Trinajstić information content (AvgIpc) is 3.24. The summed E-state index contributed by atoms with van der Waals surface area (Å²) < 4.78 is 6.45. The minimum absolute atomic E-state index is 0.123. The van der Waals surface area contributed by atoms with Crippen LogP contribution in [-0.2, 0) is 9.53 Å². The minimum atomic E-state index is -0.313. The molecule has 0 unspecified atom stereocenters. The zero-order valence-corrected chi connectivity index (χ0v) is 19.8. The molecule has 0 saturated carbocycles. The Labute approximate surface area is 194 Å². The zero-order chi connectivity index (χ0) is 22.7. The number of hydrogen-bond donors (Lipinski definition) is 2. The predicted octanol–water partition coefficient (Wildman–Crippen LogP) is 2.16. The van der Waals surface area contributed by atoms with E-state index in [0.717, 1.165) is 40.7 Å². The predicted molar refractivity (Wildman–Crippen MR) is 130 cm³/mol. The van der Waals surface area contributed by atoms with Crippen molar-refractivity contribution in [2.45, 2.75) is 24.5 Å². The normalized spacial score (nSPS) is 15.2. The number of carbonyl (C=O) groups is 1. The first-order valence-corrected chi connectivity index (χ1v) is 12.3. The number of aromatic nitrogens is 2. The van der Waals surface area contributed by atoms with Crippen molar-refractivity contribution in [3.63, 3.8) is 0 Å². The third-order valence-electron chi connectivity index (χ3n) is 5.61. The van der Waals surface area contributed by atoms with Gasteiger partial charge in [-0.1, -0.05) is 42.1 Å². The lowest BCUT2D eigenvalue weighted by Crippen LogP contribution is -2.55. The number of hydrogen-bond acceptors (Lipinski definition) is 8. The van der Waals surface area contributed by atoms with Crippen LogP contribution in [0.5, 0.6) is 0 Å². The van der Waals surface area contributed by atoms with Gasteiger partial charge in [-0.3, -0.25) is 14.5 Å². The van der Waals surface area contributed by atoms with E-state index in [4.69, 9.17) is 10.6 Å². The number of thiophene rings is 1. The van der Waals surface area contributed by atoms with Gasteiger partial charge in [0, 0.05) is 36.1 Å². The van der Waals surface area contributed by atoms with Gasteiger partial charge >= 0.3 is 0 Å². The maximum atomic E-state index is 13.0. The molecule has 3 aromatic rings. The van der Waals surface area contributed by atoms with E-state index in [0.29, 0.717) is 35.1 Å². The quantitative estimate of drug-likeness (QED) is 0.308. The van der Waals surface area contributed by atoms with Crippen molar-refractivity contribution >= 4 is 39.2 Å². The van der Waals surface area contributed by atoms with Gasteiger partial charge in [0.25, 0.3) is 5.56 Å². The Hall–Kier alpha value is -2.40. The van der Waals surface area contributed by atoms with Crippen LogP contribution in [0.3, 0.4) is 0 Å². The highest BCUT2D eigenvalue weighted by molar-refractivity contribution is 7.99. The summed E-state index contributed by atoms with van der Waals surface area (Å²) in [5, 5.41) is 5.74. The van der Waals surface area contributed by atoms with Crippen LogP contribution in [0.1, 0.15) is 13.8 Å². The lowest BCUT2D eigenvalue weighted by molar-refractivity contribution is -0.119. The van der Waals surface area contributed by atoms with E-state index in [1.165, 1.54) is 11.3 Å². The number of carbonyl (C=O) groups excluding carboxylic acids is 1. The average molecular weight is 474 g/mol. The molecular weight excluding hydrogens is 446 g/mol. The van der Waals surface area contributed by atoms with Crippen molar-refractivity contribution in [3.8, 4) is 11.1 Å². The lowest BCUT2D eigenvalue weighted by atomic mass is 10.0. The highest BCUT2D eigenvalue weighted by atomic mass is 32.2. The number of thioether (sulfide) groups is 1. The maximum Gasteiger partial charge on any atom is 0.282 e. The van der Waals surface area contributed by atoms with Gasteiger partial charge in [0.2, 0.25) is 5.91 Å². The molecule has 4 rings (SSSR count). The number of amides is 1. The molecule has 1 aliphatic rings. The van der Waals surface area contributed by atoms with Crippen LogP contribution in [-0.4, -0.2) is 64.6 Å². The third-order valence-corrected chi connectivity index (χ3v) is 7.43. The summed E-state index contributed by atoms with van der Waals surface area (Å²) in [4.78, 5) is 32.9. The molecule has 3 heterocycles. The minimum Gasteiger partial charge on any atom is -0.379 e. The number of fused-ring (bicyclic) bond motifs is 1. The number of morpholine rings is 1. The van der Waals surface area contributed by atoms with Gasteiger partial charge in [0.15, 0.2) is 5.16 Å². The molecule has 0 radical (unpaired) electrons. The topological polar surface area (TPSA) is 102 Å². The fourth-order valence-electron chi connectivity index (χ4n) is 3.69. The lowest BCUT2D eigenvalue weighted by Gasteiger charge is -2.40. The van der Waals surface area contributed by atoms with Crippen LogP contribution in [0.2, 0.25) is 0 Å². The van der Waals surface area contributed by atoms with Crippen molar-refractivity contribution in [1.82, 2.24) is 19.9 Å². The summed E-state index contributed by atoms with van der Waals surface area (Å²) in [5.41, 5.74) is 1.29. The van der Waals surface area contributed by atoms with Gasteiger partial charge in [-0.15, -0.1) is 11.3 Å². The monoisotopic (exact) mass is 473 g/mol. The van der Waals surface area contributed by atoms with Crippen LogP contribution in [0.15, 0.2) is 45.7 Å². The van der Waals surface area contributed by atoms with E-state index in [1.54, 1.807) is 0 Å². The number of nitrogens with two attached hydrogens (primary N) is 1. The largest absolute Gasteiger partial charge is 0.379 e. The molecule has 3 N–H and O–H groups in total. The van der Waals surface area contributed by atoms with E-state index >= 15 is 0 Å². The molecule has 0 spiro atoms. The Morgan fingerprint density at radius 2 is 2.00 bits per heavy atom. The standard InChI is InChI=1S/C22H27N5O3S2/c1-22(2,26-8-10-30-11-9-26)14-24-17(28)13-32-21-25-19-18(20(29)27(21)23)16(12-31-19)15-6-4-3-5-7-15/h3-7,12H,8-11,13-14,23H2,1-2H3,(H,24,28). The summed E-state index contributed by atoms with van der Waals surface area (Å²) >= 11 is 2.56. The number of benzene rings is 1. The highest BCUT2D eigenvalue weighted by Gasteiger charge is 2.28. The summed E-state index contributed by atoms with van der Waals surface area (Å²) in [7, 11) is 0. The SMILES string of the molecule is CC(C)(CNC(=O)CSc1nc2scc(-c3ccccc3)c2c(=O)n1N)N1CCOCC1. The summed E-state index contributed by atoms with van der Waals surface area (Å²) in [5.74, 6) is 6.06. The molecule has 1 aliphatic heterocycles. The van der Waals surface area contributed by atoms with Gasteiger partial charge in [-0.2, -0.15) is 0 Å². The Balaban J connectivity index is 1.43. The van der Waals surface area contributed by atoms with Crippen molar-refractivity contribution in [2.75, 3.05) is 44.4 Å². The molecule has 2 aromatic heterocycles. The molecule has 32 heavy (non-hydrogen) atoms. The second kappa shape index (κ2) is 9.62. The van der Waals surface area contributed by atoms with Gasteiger partial charge in [-0.05, 0) is 19.4 Å². The van der Waals surface area contributed by atoms with Gasteiger partial charge < -0.3 is 15.9 Å². The van der Waals surface area contributed by atoms with Crippen molar-refractivity contribution in [2.24, 2.45) is 0 Å². The summed E-state index contributed by atoms with van der Waals surface area (Å²) in [6.07, 6.45) is 0. The van der Waals surface area contributed by atoms with Crippen LogP contribution in [0.4, 0.5) is 0 Å². The number of ether oxygens (including phenoxy) is 1. The van der Waals surface area contributed by atoms with E-state index in [1.807, 2.05) is 35.7 Å². The van der Waals surface area contributed by atoms with E-state index in [2.05, 4.69) is 29.0 Å². The van der Waals surface area contributed by atoms with E-state index in [9.17, 15) is 9.59 Å². The number of nitrogen functional groups attached to an aromatic ring is 1. The van der Waals surface area contributed by atoms with Crippen molar-refractivity contribution in [1.29, 1.82) is 0 Å². The van der Waals surface area contributed by atoms with E-state index < -0.39 is 0 Å². The Kier molecular flexibility index (Phi) is 6.85.